The molecule has 2 aromatic rings. The summed E-state index contributed by atoms with van der Waals surface area (Å²) in [5.41, 5.74) is 0.367. The van der Waals surface area contributed by atoms with E-state index in [-0.39, 0.29) is 11.7 Å². The third-order valence-electron chi connectivity index (χ3n) is 2.93. The molecule has 2 unspecified atom stereocenters. The Morgan fingerprint density at radius 2 is 2.16 bits per heavy atom. The average Bonchev–Trinajstić information content (AvgIpc) is 2.87. The van der Waals surface area contributed by atoms with Crippen LogP contribution in [0.3, 0.4) is 0 Å². The molecule has 2 heterocycles. The molecule has 100 valence electrons. The molecule has 0 radical (unpaired) electrons. The van der Waals surface area contributed by atoms with Crippen molar-refractivity contribution in [2.75, 3.05) is 0 Å². The van der Waals surface area contributed by atoms with Crippen molar-refractivity contribution >= 4 is 5.97 Å². The number of carbonyl (C=O) groups is 1. The van der Waals surface area contributed by atoms with Crippen LogP contribution in [0.5, 0.6) is 0 Å². The van der Waals surface area contributed by atoms with Gasteiger partial charge in [-0.2, -0.15) is 4.98 Å². The fraction of sp³-hybridized carbons (Fsp3) is 0.333. The second-order valence-corrected chi connectivity index (χ2v) is 4.23. The van der Waals surface area contributed by atoms with Gasteiger partial charge in [0.25, 0.3) is 0 Å². The van der Waals surface area contributed by atoms with Gasteiger partial charge in [-0.05, 0) is 12.1 Å². The van der Waals surface area contributed by atoms with Gasteiger partial charge < -0.3 is 9.63 Å². The van der Waals surface area contributed by atoms with Gasteiger partial charge in [0.2, 0.25) is 11.7 Å². The summed E-state index contributed by atoms with van der Waals surface area (Å²) in [6.45, 7) is 3.25. The second kappa shape index (κ2) is 5.13. The van der Waals surface area contributed by atoms with Crippen molar-refractivity contribution in [2.24, 2.45) is 5.92 Å². The van der Waals surface area contributed by atoms with Gasteiger partial charge in [-0.25, -0.2) is 9.37 Å². The number of carboxylic acid groups (broad SMARTS) is 1. The molecule has 0 aliphatic carbocycles. The molecule has 0 spiro atoms. The summed E-state index contributed by atoms with van der Waals surface area (Å²) in [7, 11) is 0. The number of aromatic nitrogens is 3. The zero-order chi connectivity index (χ0) is 14.0. The predicted octanol–water partition coefficient (Wildman–Crippen LogP) is 2.09. The monoisotopic (exact) mass is 265 g/mol. The molecule has 19 heavy (non-hydrogen) atoms. The Kier molecular flexibility index (Phi) is 3.55. The van der Waals surface area contributed by atoms with Crippen molar-refractivity contribution in [2.45, 2.75) is 19.8 Å². The molecule has 0 aliphatic rings. The lowest BCUT2D eigenvalue weighted by Gasteiger charge is -2.10. The van der Waals surface area contributed by atoms with Crippen molar-refractivity contribution in [1.29, 1.82) is 0 Å². The molecule has 0 bridgehead atoms. The van der Waals surface area contributed by atoms with E-state index >= 15 is 0 Å². The molecule has 0 saturated heterocycles. The van der Waals surface area contributed by atoms with Crippen LogP contribution >= 0.6 is 0 Å². The predicted molar refractivity (Wildman–Crippen MR) is 62.7 cm³/mol. The van der Waals surface area contributed by atoms with Gasteiger partial charge in [-0.15, -0.1) is 0 Å². The molecular formula is C12H12FN3O3. The topological polar surface area (TPSA) is 89.1 Å². The smallest absolute Gasteiger partial charge is 0.307 e. The van der Waals surface area contributed by atoms with Gasteiger partial charge in [-0.1, -0.05) is 19.0 Å². The molecule has 0 amide bonds. The summed E-state index contributed by atoms with van der Waals surface area (Å²) in [5, 5.41) is 12.6. The van der Waals surface area contributed by atoms with Crippen LogP contribution in [0, 0.1) is 11.7 Å². The van der Waals surface area contributed by atoms with Crippen molar-refractivity contribution in [1.82, 2.24) is 15.1 Å². The van der Waals surface area contributed by atoms with Crippen molar-refractivity contribution in [3.8, 4) is 11.5 Å². The van der Waals surface area contributed by atoms with E-state index in [1.54, 1.807) is 13.8 Å². The minimum Gasteiger partial charge on any atom is -0.481 e. The maximum atomic E-state index is 12.7. The van der Waals surface area contributed by atoms with Crippen molar-refractivity contribution < 1.29 is 18.8 Å². The lowest BCUT2D eigenvalue weighted by Crippen LogP contribution is -2.16. The molecule has 2 rings (SSSR count). The Morgan fingerprint density at radius 3 is 2.74 bits per heavy atom. The lowest BCUT2D eigenvalue weighted by atomic mass is 9.96. The maximum absolute atomic E-state index is 12.7. The Bertz CT molecular complexity index is 582. The van der Waals surface area contributed by atoms with E-state index in [0.717, 1.165) is 6.20 Å². The van der Waals surface area contributed by atoms with Crippen molar-refractivity contribution in [3.63, 3.8) is 0 Å². The molecule has 2 atom stereocenters. The standard InChI is InChI=1S/C12H12FN3O3/c1-6(7(2)12(17)18)11-15-10(16-19-11)9-4-3-8(13)5-14-9/h3-7H,1-2H3,(H,17,18). The van der Waals surface area contributed by atoms with E-state index in [1.165, 1.54) is 12.1 Å². The van der Waals surface area contributed by atoms with Gasteiger partial charge in [0.15, 0.2) is 0 Å². The highest BCUT2D eigenvalue weighted by molar-refractivity contribution is 5.70. The van der Waals surface area contributed by atoms with Gasteiger partial charge in [-0.3, -0.25) is 4.79 Å². The van der Waals surface area contributed by atoms with E-state index in [2.05, 4.69) is 15.1 Å². The number of nitrogens with zero attached hydrogens (tertiary/aromatic N) is 3. The first kappa shape index (κ1) is 13.1. The Morgan fingerprint density at radius 1 is 1.42 bits per heavy atom. The Balaban J connectivity index is 2.24. The third-order valence-corrected chi connectivity index (χ3v) is 2.93. The van der Waals surface area contributed by atoms with Crippen molar-refractivity contribution in [3.05, 3.63) is 30.0 Å². The first-order valence-corrected chi connectivity index (χ1v) is 5.67. The summed E-state index contributed by atoms with van der Waals surface area (Å²) in [5.74, 6) is -2.03. The van der Waals surface area contributed by atoms with E-state index in [4.69, 9.17) is 9.63 Å². The average molecular weight is 265 g/mol. The molecule has 0 aliphatic heterocycles. The highest BCUT2D eigenvalue weighted by Crippen LogP contribution is 2.24. The molecular weight excluding hydrogens is 253 g/mol. The largest absolute Gasteiger partial charge is 0.481 e. The first-order chi connectivity index (χ1) is 8.99. The molecule has 0 aromatic carbocycles. The van der Waals surface area contributed by atoms with E-state index in [9.17, 15) is 9.18 Å². The number of hydrogen-bond donors (Lipinski definition) is 1. The summed E-state index contributed by atoms with van der Waals surface area (Å²) < 4.78 is 17.8. The summed E-state index contributed by atoms with van der Waals surface area (Å²) in [6, 6.07) is 2.66. The zero-order valence-electron chi connectivity index (χ0n) is 10.4. The minimum atomic E-state index is -0.938. The fourth-order valence-corrected chi connectivity index (χ4v) is 1.46. The summed E-state index contributed by atoms with van der Waals surface area (Å²) in [6.07, 6.45) is 1.05. The molecule has 7 heteroatoms. The van der Waals surface area contributed by atoms with Gasteiger partial charge in [0.05, 0.1) is 12.1 Å². The number of rotatable bonds is 4. The third kappa shape index (κ3) is 2.75. The van der Waals surface area contributed by atoms with Crippen LogP contribution in [-0.4, -0.2) is 26.2 Å². The highest BCUT2D eigenvalue weighted by Gasteiger charge is 2.26. The zero-order valence-corrected chi connectivity index (χ0v) is 10.4. The van der Waals surface area contributed by atoms with E-state index in [0.29, 0.717) is 5.69 Å². The van der Waals surface area contributed by atoms with Crippen LogP contribution in [0.4, 0.5) is 4.39 Å². The summed E-state index contributed by atoms with van der Waals surface area (Å²) in [4.78, 5) is 18.8. The normalized spacial score (nSPS) is 14.1. The lowest BCUT2D eigenvalue weighted by molar-refractivity contribution is -0.141. The number of halogens is 1. The molecule has 6 nitrogen and oxygen atoms in total. The van der Waals surface area contributed by atoms with Crippen LogP contribution < -0.4 is 0 Å². The SMILES string of the molecule is CC(C(=O)O)C(C)c1nc(-c2ccc(F)cn2)no1. The molecule has 2 aromatic heterocycles. The van der Waals surface area contributed by atoms with Crippen LogP contribution in [0.15, 0.2) is 22.9 Å². The first-order valence-electron chi connectivity index (χ1n) is 5.67. The highest BCUT2D eigenvalue weighted by atomic mass is 19.1. The number of pyridine rings is 1. The maximum Gasteiger partial charge on any atom is 0.307 e. The van der Waals surface area contributed by atoms with Crippen LogP contribution in [-0.2, 0) is 4.79 Å². The van der Waals surface area contributed by atoms with Crippen LogP contribution in [0.25, 0.3) is 11.5 Å². The molecule has 1 N–H and O–H groups in total. The minimum absolute atomic E-state index is 0.208. The Hall–Kier alpha value is -2.31. The number of hydrogen-bond acceptors (Lipinski definition) is 5. The Labute approximate surface area is 108 Å². The summed E-state index contributed by atoms with van der Waals surface area (Å²) >= 11 is 0. The second-order valence-electron chi connectivity index (χ2n) is 4.23. The van der Waals surface area contributed by atoms with E-state index < -0.39 is 23.6 Å². The molecule has 0 fully saturated rings. The fourth-order valence-electron chi connectivity index (χ4n) is 1.46. The van der Waals surface area contributed by atoms with Crippen LogP contribution in [0.1, 0.15) is 25.7 Å². The van der Waals surface area contributed by atoms with Gasteiger partial charge in [0.1, 0.15) is 11.5 Å². The number of carboxylic acids is 1. The van der Waals surface area contributed by atoms with Gasteiger partial charge in [0, 0.05) is 5.92 Å². The van der Waals surface area contributed by atoms with E-state index in [1.807, 2.05) is 0 Å². The van der Waals surface area contributed by atoms with Gasteiger partial charge >= 0.3 is 5.97 Å². The quantitative estimate of drug-likeness (QED) is 0.910. The molecule has 0 saturated carbocycles. The number of aliphatic carboxylic acids is 1. The van der Waals surface area contributed by atoms with Crippen LogP contribution in [0.2, 0.25) is 0 Å².